The number of piperidine rings is 1. The standard InChI is InChI=1S/C14H19NO2.ClH/c1-16-12-2-3-13-11(10-12)4-9-17-14(13)5-7-15-8-6-14;/h2-3,10,15H,4-9H2,1H3;1H. The van der Waals surface area contributed by atoms with Gasteiger partial charge in [-0.15, -0.1) is 12.4 Å². The van der Waals surface area contributed by atoms with E-state index in [1.54, 1.807) is 7.11 Å². The highest BCUT2D eigenvalue weighted by molar-refractivity contribution is 5.85. The van der Waals surface area contributed by atoms with Gasteiger partial charge in [-0.25, -0.2) is 0 Å². The molecule has 0 bridgehead atoms. The third-order valence-electron chi connectivity index (χ3n) is 3.96. The number of nitrogens with one attached hydrogen (secondary N) is 1. The lowest BCUT2D eigenvalue weighted by Gasteiger charge is -2.42. The lowest BCUT2D eigenvalue weighted by atomic mass is 9.80. The Hall–Kier alpha value is -0.770. The van der Waals surface area contributed by atoms with Crippen LogP contribution < -0.4 is 10.1 Å². The maximum atomic E-state index is 6.13. The minimum Gasteiger partial charge on any atom is -0.497 e. The van der Waals surface area contributed by atoms with E-state index in [1.807, 2.05) is 0 Å². The molecule has 3 nitrogen and oxygen atoms in total. The maximum absolute atomic E-state index is 6.13. The van der Waals surface area contributed by atoms with Crippen molar-refractivity contribution in [3.8, 4) is 5.75 Å². The lowest BCUT2D eigenvalue weighted by Crippen LogP contribution is -2.44. The van der Waals surface area contributed by atoms with Crippen molar-refractivity contribution in [3.05, 3.63) is 29.3 Å². The van der Waals surface area contributed by atoms with Gasteiger partial charge in [0.1, 0.15) is 5.75 Å². The smallest absolute Gasteiger partial charge is 0.119 e. The van der Waals surface area contributed by atoms with Crippen LogP contribution in [0.25, 0.3) is 0 Å². The van der Waals surface area contributed by atoms with Crippen molar-refractivity contribution >= 4 is 12.4 Å². The van der Waals surface area contributed by atoms with Gasteiger partial charge in [-0.3, -0.25) is 0 Å². The molecule has 0 saturated carbocycles. The topological polar surface area (TPSA) is 30.5 Å². The summed E-state index contributed by atoms with van der Waals surface area (Å²) in [5.74, 6) is 0.953. The first kappa shape index (κ1) is 13.7. The van der Waals surface area contributed by atoms with Gasteiger partial charge < -0.3 is 14.8 Å². The van der Waals surface area contributed by atoms with Crippen LogP contribution in [0.5, 0.6) is 5.75 Å². The van der Waals surface area contributed by atoms with Crippen LogP contribution in [0.4, 0.5) is 0 Å². The van der Waals surface area contributed by atoms with Crippen LogP contribution in [0, 0.1) is 0 Å². The fourth-order valence-electron chi connectivity index (χ4n) is 3.03. The molecular weight excluding hydrogens is 250 g/mol. The van der Waals surface area contributed by atoms with Gasteiger partial charge in [0.05, 0.1) is 19.3 Å². The highest BCUT2D eigenvalue weighted by atomic mass is 35.5. The predicted molar refractivity (Wildman–Crippen MR) is 73.7 cm³/mol. The highest BCUT2D eigenvalue weighted by Crippen LogP contribution is 2.40. The second-order valence-corrected chi connectivity index (χ2v) is 4.87. The van der Waals surface area contributed by atoms with E-state index in [0.29, 0.717) is 0 Å². The Balaban J connectivity index is 0.00000120. The first-order valence-corrected chi connectivity index (χ1v) is 6.36. The number of rotatable bonds is 1. The van der Waals surface area contributed by atoms with Gasteiger partial charge in [0.25, 0.3) is 0 Å². The molecule has 1 saturated heterocycles. The quantitative estimate of drug-likeness (QED) is 0.848. The fraction of sp³-hybridized carbons (Fsp3) is 0.571. The Labute approximate surface area is 114 Å². The molecule has 0 unspecified atom stereocenters. The Morgan fingerprint density at radius 1 is 1.28 bits per heavy atom. The van der Waals surface area contributed by atoms with Gasteiger partial charge in [0.15, 0.2) is 0 Å². The van der Waals surface area contributed by atoms with E-state index in [9.17, 15) is 0 Å². The summed E-state index contributed by atoms with van der Waals surface area (Å²) in [6, 6.07) is 6.41. The predicted octanol–water partition coefficient (Wildman–Crippen LogP) is 2.27. The molecule has 0 amide bonds. The average molecular weight is 270 g/mol. The average Bonchev–Trinajstić information content (AvgIpc) is 2.39. The first-order chi connectivity index (χ1) is 8.34. The number of halogens is 1. The summed E-state index contributed by atoms with van der Waals surface area (Å²) in [4.78, 5) is 0. The molecule has 1 spiro atoms. The Kier molecular flexibility index (Phi) is 4.15. The van der Waals surface area contributed by atoms with Crippen LogP contribution in [0.15, 0.2) is 18.2 Å². The second-order valence-electron chi connectivity index (χ2n) is 4.87. The van der Waals surface area contributed by atoms with E-state index >= 15 is 0 Å². The number of hydrogen-bond donors (Lipinski definition) is 1. The number of fused-ring (bicyclic) bond motifs is 2. The van der Waals surface area contributed by atoms with Gasteiger partial charge >= 0.3 is 0 Å². The van der Waals surface area contributed by atoms with Crippen molar-refractivity contribution in [2.24, 2.45) is 0 Å². The number of hydrogen-bond acceptors (Lipinski definition) is 3. The molecule has 0 aliphatic carbocycles. The van der Waals surface area contributed by atoms with Crippen LogP contribution in [0.2, 0.25) is 0 Å². The van der Waals surface area contributed by atoms with Gasteiger partial charge in [0.2, 0.25) is 0 Å². The van der Waals surface area contributed by atoms with E-state index in [-0.39, 0.29) is 18.0 Å². The molecule has 1 N–H and O–H groups in total. The van der Waals surface area contributed by atoms with Gasteiger partial charge in [-0.2, -0.15) is 0 Å². The third-order valence-corrected chi connectivity index (χ3v) is 3.96. The molecule has 2 aliphatic heterocycles. The van der Waals surface area contributed by atoms with Crippen molar-refractivity contribution in [2.45, 2.75) is 24.9 Å². The Morgan fingerprint density at radius 3 is 2.78 bits per heavy atom. The zero-order valence-corrected chi connectivity index (χ0v) is 11.5. The monoisotopic (exact) mass is 269 g/mol. The third kappa shape index (κ3) is 2.22. The molecule has 0 radical (unpaired) electrons. The summed E-state index contributed by atoms with van der Waals surface area (Å²) in [5.41, 5.74) is 2.74. The number of methoxy groups -OCH3 is 1. The summed E-state index contributed by atoms with van der Waals surface area (Å²) < 4.78 is 11.4. The largest absolute Gasteiger partial charge is 0.497 e. The van der Waals surface area contributed by atoms with E-state index in [2.05, 4.69) is 23.5 Å². The van der Waals surface area contributed by atoms with Gasteiger partial charge in [-0.1, -0.05) is 6.07 Å². The summed E-state index contributed by atoms with van der Waals surface area (Å²) in [6.45, 7) is 2.93. The molecule has 3 rings (SSSR count). The molecule has 18 heavy (non-hydrogen) atoms. The molecule has 100 valence electrons. The van der Waals surface area contributed by atoms with Crippen LogP contribution in [0.1, 0.15) is 24.0 Å². The zero-order chi connectivity index (χ0) is 11.7. The molecule has 1 aromatic carbocycles. The molecule has 2 aliphatic rings. The van der Waals surface area contributed by atoms with Crippen molar-refractivity contribution in [1.82, 2.24) is 5.32 Å². The van der Waals surface area contributed by atoms with Crippen molar-refractivity contribution < 1.29 is 9.47 Å². The molecule has 2 heterocycles. The zero-order valence-electron chi connectivity index (χ0n) is 10.7. The Morgan fingerprint density at radius 2 is 2.06 bits per heavy atom. The summed E-state index contributed by atoms with van der Waals surface area (Å²) >= 11 is 0. The molecular formula is C14H20ClNO2. The van der Waals surface area contributed by atoms with E-state index in [0.717, 1.165) is 44.7 Å². The molecule has 1 aromatic rings. The second kappa shape index (κ2) is 5.47. The van der Waals surface area contributed by atoms with E-state index in [4.69, 9.17) is 9.47 Å². The molecule has 0 aromatic heterocycles. The van der Waals surface area contributed by atoms with Crippen molar-refractivity contribution in [2.75, 3.05) is 26.8 Å². The SMILES string of the molecule is COc1ccc2c(c1)CCOC21CCNCC1.Cl. The van der Waals surface area contributed by atoms with E-state index < -0.39 is 0 Å². The summed E-state index contributed by atoms with van der Waals surface area (Å²) in [5, 5.41) is 3.40. The van der Waals surface area contributed by atoms with Crippen LogP contribution in [-0.2, 0) is 16.8 Å². The summed E-state index contributed by atoms with van der Waals surface area (Å²) in [6.07, 6.45) is 3.15. The lowest BCUT2D eigenvalue weighted by molar-refractivity contribution is -0.0802. The van der Waals surface area contributed by atoms with E-state index in [1.165, 1.54) is 11.1 Å². The molecule has 4 heteroatoms. The summed E-state index contributed by atoms with van der Waals surface area (Å²) in [7, 11) is 1.72. The normalized spacial score (nSPS) is 20.9. The Bertz CT molecular complexity index is 416. The van der Waals surface area contributed by atoms with Gasteiger partial charge in [-0.05, 0) is 55.6 Å². The van der Waals surface area contributed by atoms with Crippen LogP contribution in [0.3, 0.4) is 0 Å². The fourth-order valence-corrected chi connectivity index (χ4v) is 3.03. The minimum atomic E-state index is -0.0366. The maximum Gasteiger partial charge on any atom is 0.119 e. The highest BCUT2D eigenvalue weighted by Gasteiger charge is 2.38. The minimum absolute atomic E-state index is 0. The molecule has 1 fully saturated rings. The van der Waals surface area contributed by atoms with Gasteiger partial charge in [0, 0.05) is 0 Å². The van der Waals surface area contributed by atoms with Crippen LogP contribution in [-0.4, -0.2) is 26.8 Å². The molecule has 0 atom stereocenters. The number of ether oxygens (including phenoxy) is 2. The van der Waals surface area contributed by atoms with Crippen molar-refractivity contribution in [1.29, 1.82) is 0 Å². The van der Waals surface area contributed by atoms with Crippen LogP contribution >= 0.6 is 12.4 Å². The number of benzene rings is 1. The first-order valence-electron chi connectivity index (χ1n) is 6.36. The van der Waals surface area contributed by atoms with Crippen molar-refractivity contribution in [3.63, 3.8) is 0 Å².